The fraction of sp³-hybridized carbons (Fsp3) is 0.0769. The molecule has 0 atom stereocenters. The molecular weight excluding hydrogens is 250 g/mol. The number of nitrogens with zero attached hydrogens (tertiary/aromatic N) is 2. The van der Waals surface area contributed by atoms with Crippen LogP contribution in [-0.4, -0.2) is 4.86 Å². The maximum absolute atomic E-state index is 11.7. The van der Waals surface area contributed by atoms with Crippen LogP contribution in [0, 0.1) is 12.1 Å². The lowest BCUT2D eigenvalue weighted by Gasteiger charge is -2.06. The SMILES string of the molecule is Cc1cccc(/[N+]([O-])=N/Nc2ccccc2Cl)c1. The van der Waals surface area contributed by atoms with Crippen LogP contribution in [0.1, 0.15) is 5.56 Å². The molecule has 18 heavy (non-hydrogen) atoms. The molecule has 5 heteroatoms. The van der Waals surface area contributed by atoms with E-state index in [1.807, 2.05) is 25.1 Å². The summed E-state index contributed by atoms with van der Waals surface area (Å²) in [6.07, 6.45) is 0. The number of para-hydroxylation sites is 1. The first-order chi connectivity index (χ1) is 8.66. The first kappa shape index (κ1) is 12.4. The number of hydrogen-bond donors (Lipinski definition) is 1. The number of halogens is 1. The maximum Gasteiger partial charge on any atom is 0.165 e. The second kappa shape index (κ2) is 5.51. The van der Waals surface area contributed by atoms with Crippen LogP contribution in [0.25, 0.3) is 0 Å². The van der Waals surface area contributed by atoms with Crippen molar-refractivity contribution in [3.05, 3.63) is 64.3 Å². The Hall–Kier alpha value is -2.07. The molecule has 0 aliphatic carbocycles. The van der Waals surface area contributed by atoms with Gasteiger partial charge in [0, 0.05) is 0 Å². The van der Waals surface area contributed by atoms with Crippen molar-refractivity contribution in [3.8, 4) is 0 Å². The molecule has 0 fully saturated rings. The van der Waals surface area contributed by atoms with Gasteiger partial charge in [-0.05, 0) is 36.8 Å². The van der Waals surface area contributed by atoms with Gasteiger partial charge in [-0.1, -0.05) is 35.9 Å². The molecule has 0 aliphatic rings. The summed E-state index contributed by atoms with van der Waals surface area (Å²) in [5.74, 6) is 0. The van der Waals surface area contributed by atoms with Crippen LogP contribution in [0.15, 0.2) is 53.8 Å². The minimum absolute atomic E-state index is 0.467. The van der Waals surface area contributed by atoms with Gasteiger partial charge < -0.3 is 5.21 Å². The highest BCUT2D eigenvalue weighted by molar-refractivity contribution is 6.33. The quantitative estimate of drug-likeness (QED) is 0.510. The van der Waals surface area contributed by atoms with Crippen LogP contribution in [0.3, 0.4) is 0 Å². The average Bonchev–Trinajstić information content (AvgIpc) is 2.37. The van der Waals surface area contributed by atoms with Gasteiger partial charge in [-0.15, -0.1) is 10.3 Å². The Bertz CT molecular complexity index is 584. The molecule has 0 saturated carbocycles. The van der Waals surface area contributed by atoms with Gasteiger partial charge in [-0.2, -0.15) is 0 Å². The van der Waals surface area contributed by atoms with E-state index in [9.17, 15) is 5.21 Å². The summed E-state index contributed by atoms with van der Waals surface area (Å²) in [5.41, 5.74) is 4.70. The van der Waals surface area contributed by atoms with Crippen LogP contribution < -0.4 is 5.43 Å². The molecule has 0 heterocycles. The lowest BCUT2D eigenvalue weighted by molar-refractivity contribution is -0.439. The van der Waals surface area contributed by atoms with Gasteiger partial charge >= 0.3 is 0 Å². The van der Waals surface area contributed by atoms with Crippen LogP contribution in [0.4, 0.5) is 11.4 Å². The van der Waals surface area contributed by atoms with Crippen molar-refractivity contribution in [1.29, 1.82) is 0 Å². The molecule has 0 bridgehead atoms. The first-order valence-electron chi connectivity index (χ1n) is 5.42. The minimum Gasteiger partial charge on any atom is -0.691 e. The number of aryl methyl sites for hydroxylation is 1. The summed E-state index contributed by atoms with van der Waals surface area (Å²) in [6.45, 7) is 1.92. The molecule has 0 saturated heterocycles. The summed E-state index contributed by atoms with van der Waals surface area (Å²) in [4.78, 5) is 0.524. The molecule has 2 aromatic rings. The number of rotatable bonds is 3. The van der Waals surface area contributed by atoms with Crippen molar-refractivity contribution in [2.75, 3.05) is 5.43 Å². The predicted octanol–water partition coefficient (Wildman–Crippen LogP) is 4.27. The van der Waals surface area contributed by atoms with Crippen molar-refractivity contribution in [1.82, 2.24) is 0 Å². The molecule has 0 aliphatic heterocycles. The van der Waals surface area contributed by atoms with E-state index in [0.717, 1.165) is 5.56 Å². The zero-order valence-electron chi connectivity index (χ0n) is 9.80. The van der Waals surface area contributed by atoms with Gasteiger partial charge in [0.15, 0.2) is 11.4 Å². The van der Waals surface area contributed by atoms with Crippen molar-refractivity contribution < 1.29 is 4.86 Å². The minimum atomic E-state index is 0.467. The van der Waals surface area contributed by atoms with Crippen LogP contribution >= 0.6 is 11.6 Å². The smallest absolute Gasteiger partial charge is 0.165 e. The second-order valence-electron chi connectivity index (χ2n) is 3.80. The topological polar surface area (TPSA) is 50.5 Å². The van der Waals surface area contributed by atoms with E-state index in [-0.39, 0.29) is 0 Å². The van der Waals surface area contributed by atoms with Crippen LogP contribution in [0.5, 0.6) is 0 Å². The Morgan fingerprint density at radius 3 is 2.67 bits per heavy atom. The van der Waals surface area contributed by atoms with Crippen molar-refractivity contribution >= 4 is 23.0 Å². The van der Waals surface area contributed by atoms with Crippen LogP contribution in [0.2, 0.25) is 5.02 Å². The summed E-state index contributed by atoms with van der Waals surface area (Å²) in [7, 11) is 0. The fourth-order valence-corrected chi connectivity index (χ4v) is 1.63. The van der Waals surface area contributed by atoms with E-state index in [1.54, 1.807) is 30.3 Å². The van der Waals surface area contributed by atoms with Gasteiger partial charge in [0.05, 0.1) is 10.2 Å². The molecule has 92 valence electrons. The van der Waals surface area contributed by atoms with E-state index in [1.165, 1.54) is 0 Å². The standard InChI is InChI=1S/C13H12ClN3O/c1-10-5-4-6-11(9-10)17(18)16-15-13-8-3-2-7-12(13)14/h2-9,15H,1H3/b17-16-. The highest BCUT2D eigenvalue weighted by atomic mass is 35.5. The Labute approximate surface area is 110 Å². The highest BCUT2D eigenvalue weighted by Gasteiger charge is 2.03. The number of benzene rings is 2. The van der Waals surface area contributed by atoms with Crippen LogP contribution in [-0.2, 0) is 0 Å². The lowest BCUT2D eigenvalue weighted by atomic mass is 10.2. The third kappa shape index (κ3) is 2.99. The van der Waals surface area contributed by atoms with E-state index in [4.69, 9.17) is 11.6 Å². The number of hydrogen-bond acceptors (Lipinski definition) is 2. The van der Waals surface area contributed by atoms with E-state index in [0.29, 0.717) is 21.3 Å². The fourth-order valence-electron chi connectivity index (χ4n) is 1.46. The predicted molar refractivity (Wildman–Crippen MR) is 72.0 cm³/mol. The molecule has 0 radical (unpaired) electrons. The largest absolute Gasteiger partial charge is 0.691 e. The monoisotopic (exact) mass is 261 g/mol. The summed E-state index contributed by atoms with van der Waals surface area (Å²) < 4.78 is 0. The van der Waals surface area contributed by atoms with Crippen molar-refractivity contribution in [3.63, 3.8) is 0 Å². The Morgan fingerprint density at radius 2 is 1.94 bits per heavy atom. The molecule has 1 N–H and O–H groups in total. The normalized spacial score (nSPS) is 11.3. The third-order valence-corrected chi connectivity index (χ3v) is 2.69. The third-order valence-electron chi connectivity index (χ3n) is 2.36. The molecule has 0 unspecified atom stereocenters. The zero-order chi connectivity index (χ0) is 13.0. The maximum atomic E-state index is 11.7. The zero-order valence-corrected chi connectivity index (χ0v) is 10.6. The van der Waals surface area contributed by atoms with Gasteiger partial charge in [0.1, 0.15) is 0 Å². The number of anilines is 1. The first-order valence-corrected chi connectivity index (χ1v) is 5.80. The molecule has 0 aromatic heterocycles. The number of nitrogens with one attached hydrogen (secondary N) is 1. The summed E-state index contributed by atoms with van der Waals surface area (Å²) in [5, 5.41) is 15.9. The van der Waals surface area contributed by atoms with Gasteiger partial charge in [0.25, 0.3) is 0 Å². The van der Waals surface area contributed by atoms with Crippen molar-refractivity contribution in [2.45, 2.75) is 6.92 Å². The summed E-state index contributed by atoms with van der Waals surface area (Å²) >= 11 is 5.94. The van der Waals surface area contributed by atoms with E-state index in [2.05, 4.69) is 10.6 Å². The van der Waals surface area contributed by atoms with Gasteiger partial charge in [-0.25, -0.2) is 0 Å². The Morgan fingerprint density at radius 1 is 1.17 bits per heavy atom. The second-order valence-corrected chi connectivity index (χ2v) is 4.21. The van der Waals surface area contributed by atoms with Gasteiger partial charge in [0.2, 0.25) is 0 Å². The molecular formula is C13H12ClN3O. The molecule has 0 amide bonds. The van der Waals surface area contributed by atoms with Gasteiger partial charge in [-0.3, -0.25) is 0 Å². The highest BCUT2D eigenvalue weighted by Crippen LogP contribution is 2.21. The molecule has 2 aromatic carbocycles. The summed E-state index contributed by atoms with van der Waals surface area (Å²) in [6, 6.07) is 14.3. The van der Waals surface area contributed by atoms with Crippen molar-refractivity contribution in [2.24, 2.45) is 5.22 Å². The molecule has 0 spiro atoms. The molecule has 2 rings (SSSR count). The Balaban J connectivity index is 2.17. The van der Waals surface area contributed by atoms with E-state index >= 15 is 0 Å². The van der Waals surface area contributed by atoms with E-state index < -0.39 is 0 Å². The molecule has 4 nitrogen and oxygen atoms in total. The Kier molecular flexibility index (Phi) is 3.79. The average molecular weight is 262 g/mol. The lowest BCUT2D eigenvalue weighted by Crippen LogP contribution is -1.98.